The molecule has 0 saturated heterocycles. The summed E-state index contributed by atoms with van der Waals surface area (Å²) in [6.07, 6.45) is 13.2. The molecule has 0 aromatic rings. The third kappa shape index (κ3) is 60.1. The zero-order valence-electron chi connectivity index (χ0n) is 14.8. The van der Waals surface area contributed by atoms with Gasteiger partial charge in [0.15, 0.2) is 0 Å². The van der Waals surface area contributed by atoms with Crippen LogP contribution >= 0.6 is 7.92 Å². The molecule has 0 atom stereocenters. The first-order chi connectivity index (χ1) is 10.3. The molecule has 0 aliphatic rings. The van der Waals surface area contributed by atoms with Crippen LogP contribution in [0.2, 0.25) is 0 Å². The Balaban J connectivity index is -0.0000000445. The predicted molar refractivity (Wildman–Crippen MR) is 87.7 cm³/mol. The first kappa shape index (κ1) is 43.9. The summed E-state index contributed by atoms with van der Waals surface area (Å²) in [5.74, 6) is 0. The molecule has 0 saturated carbocycles. The Kier molecular flexibility index (Phi) is 126. The van der Waals surface area contributed by atoms with E-state index in [2.05, 4.69) is 47.4 Å². The van der Waals surface area contributed by atoms with E-state index in [1.54, 1.807) is 18.5 Å². The van der Waals surface area contributed by atoms with Crippen molar-refractivity contribution < 1.29 is 35.7 Å². The third-order valence-corrected chi connectivity index (χ3v) is 5.33. The van der Waals surface area contributed by atoms with Gasteiger partial charge in [0.1, 0.15) is 0 Å². The van der Waals surface area contributed by atoms with Crippen LogP contribution in [0.3, 0.4) is 0 Å². The number of rotatable bonds is 9. The average molecular weight is 392 g/mol. The SMILES string of the molecule is CCCCP(CCCC)CCCC.[C-]#[O+].[C-]#[O+].[C-]#[O+].[C-]#[O+].[Mn].[Na]. The maximum atomic E-state index is 7.50. The molecule has 23 heavy (non-hydrogen) atoms. The molecule has 0 spiro atoms. The molecule has 128 valence electrons. The molecule has 0 bridgehead atoms. The Morgan fingerprint density at radius 1 is 0.565 bits per heavy atom. The Labute approximate surface area is 176 Å². The van der Waals surface area contributed by atoms with Crippen LogP contribution < -0.4 is 0 Å². The summed E-state index contributed by atoms with van der Waals surface area (Å²) < 4.78 is 30.0. The van der Waals surface area contributed by atoms with Gasteiger partial charge in [0.25, 0.3) is 0 Å². The third-order valence-electron chi connectivity index (χ3n) is 2.48. The summed E-state index contributed by atoms with van der Waals surface area (Å²) in [5.41, 5.74) is 0. The Morgan fingerprint density at radius 3 is 0.870 bits per heavy atom. The molecule has 0 N–H and O–H groups in total. The van der Waals surface area contributed by atoms with Crippen molar-refractivity contribution in [3.05, 3.63) is 26.6 Å². The van der Waals surface area contributed by atoms with Gasteiger partial charge in [-0.25, -0.2) is 0 Å². The maximum Gasteiger partial charge on any atom is 0 e. The second-order valence-corrected chi connectivity index (χ2v) is 6.59. The largest absolute Gasteiger partial charge is 0 e. The molecule has 0 aliphatic heterocycles. The fourth-order valence-electron chi connectivity index (χ4n) is 1.48. The van der Waals surface area contributed by atoms with Crippen molar-refractivity contribution in [1.29, 1.82) is 0 Å². The van der Waals surface area contributed by atoms with Crippen LogP contribution in [-0.2, 0) is 35.7 Å². The van der Waals surface area contributed by atoms with E-state index in [0.717, 1.165) is 0 Å². The Morgan fingerprint density at radius 2 is 0.739 bits per heavy atom. The van der Waals surface area contributed by atoms with E-state index < -0.39 is 0 Å². The topological polar surface area (TPSA) is 79.6 Å². The van der Waals surface area contributed by atoms with E-state index in [1.807, 2.05) is 0 Å². The molecule has 0 aromatic heterocycles. The molecule has 0 unspecified atom stereocenters. The molecule has 0 heterocycles. The molecule has 0 aromatic carbocycles. The van der Waals surface area contributed by atoms with E-state index in [1.165, 1.54) is 38.5 Å². The first-order valence-corrected chi connectivity index (χ1v) is 8.78. The van der Waals surface area contributed by atoms with Gasteiger partial charge in [0.2, 0.25) is 0 Å². The van der Waals surface area contributed by atoms with Gasteiger partial charge in [0, 0.05) is 46.6 Å². The van der Waals surface area contributed by atoms with Crippen molar-refractivity contribution in [3.8, 4) is 0 Å². The second-order valence-electron chi connectivity index (χ2n) is 3.90. The van der Waals surface area contributed by atoms with Crippen molar-refractivity contribution >= 4 is 37.5 Å². The first-order valence-electron chi connectivity index (χ1n) is 6.89. The number of hydrogen-bond donors (Lipinski definition) is 0. The van der Waals surface area contributed by atoms with Crippen LogP contribution in [0.4, 0.5) is 0 Å². The van der Waals surface area contributed by atoms with Crippen molar-refractivity contribution in [3.63, 3.8) is 0 Å². The molecule has 4 nitrogen and oxygen atoms in total. The average Bonchev–Trinajstić information content (AvgIpc) is 2.61. The van der Waals surface area contributed by atoms with Crippen LogP contribution in [0.1, 0.15) is 59.3 Å². The summed E-state index contributed by atoms with van der Waals surface area (Å²) in [5, 5.41) is 0. The fourth-order valence-corrected chi connectivity index (χ4v) is 4.44. The van der Waals surface area contributed by atoms with Gasteiger partial charge in [0.05, 0.1) is 0 Å². The van der Waals surface area contributed by atoms with E-state index in [4.69, 9.17) is 18.6 Å². The van der Waals surface area contributed by atoms with Crippen LogP contribution in [-0.4, -0.2) is 48.0 Å². The Bertz CT molecular complexity index is 190. The zero-order valence-corrected chi connectivity index (χ0v) is 18.9. The minimum Gasteiger partial charge on any atom is 0 e. The van der Waals surface area contributed by atoms with Crippen molar-refractivity contribution in [2.75, 3.05) is 18.5 Å². The molecule has 0 rings (SSSR count). The van der Waals surface area contributed by atoms with E-state index in [-0.39, 0.29) is 46.6 Å². The summed E-state index contributed by atoms with van der Waals surface area (Å²) in [7, 11) is 0.422. The second kappa shape index (κ2) is 66.0. The van der Waals surface area contributed by atoms with E-state index in [0.29, 0.717) is 7.92 Å². The monoisotopic (exact) mass is 392 g/mol. The van der Waals surface area contributed by atoms with Gasteiger partial charge in [-0.1, -0.05) is 40.0 Å². The van der Waals surface area contributed by atoms with Crippen molar-refractivity contribution in [1.82, 2.24) is 0 Å². The van der Waals surface area contributed by atoms with Crippen molar-refractivity contribution in [2.45, 2.75) is 59.3 Å². The zero-order chi connectivity index (χ0) is 17.9. The summed E-state index contributed by atoms with van der Waals surface area (Å²) in [4.78, 5) is 0. The van der Waals surface area contributed by atoms with Gasteiger partial charge >= 0.3 is 45.2 Å². The number of hydrogen-bond acceptors (Lipinski definition) is 0. The van der Waals surface area contributed by atoms with E-state index in [9.17, 15) is 0 Å². The van der Waals surface area contributed by atoms with Crippen molar-refractivity contribution in [2.24, 2.45) is 0 Å². The molecule has 0 fully saturated rings. The Hall–Kier alpha value is 0.909. The molecule has 2 radical (unpaired) electrons. The summed E-state index contributed by atoms with van der Waals surface area (Å²) in [6, 6.07) is 0. The fraction of sp³-hybridized carbons (Fsp3) is 0.750. The van der Waals surface area contributed by atoms with Crippen LogP contribution in [0, 0.1) is 26.6 Å². The van der Waals surface area contributed by atoms with Gasteiger partial charge in [-0.2, -0.15) is 0 Å². The van der Waals surface area contributed by atoms with Gasteiger partial charge < -0.3 is 0 Å². The number of unbranched alkanes of at least 4 members (excludes halogenated alkanes) is 3. The molecule has 0 aliphatic carbocycles. The van der Waals surface area contributed by atoms with Crippen LogP contribution in [0.15, 0.2) is 0 Å². The quantitative estimate of drug-likeness (QED) is 0.242. The minimum absolute atomic E-state index is 0. The molecule has 7 heteroatoms. The molecule has 0 amide bonds. The summed E-state index contributed by atoms with van der Waals surface area (Å²) in [6.45, 7) is 24.9. The van der Waals surface area contributed by atoms with Crippen LogP contribution in [0.5, 0.6) is 0 Å². The van der Waals surface area contributed by atoms with Gasteiger partial charge in [-0.05, 0) is 37.7 Å². The smallest absolute Gasteiger partial charge is 0 e. The molecular formula is C16H27MnNaO4P. The maximum absolute atomic E-state index is 7.50. The van der Waals surface area contributed by atoms with Gasteiger partial charge in [-0.15, -0.1) is 7.92 Å². The minimum atomic E-state index is 0. The normalized spacial score (nSPS) is 6.61. The molecular weight excluding hydrogens is 365 g/mol. The van der Waals surface area contributed by atoms with E-state index >= 15 is 0 Å². The van der Waals surface area contributed by atoms with Crippen LogP contribution in [0.25, 0.3) is 0 Å². The van der Waals surface area contributed by atoms with Gasteiger partial charge in [-0.3, -0.25) is 0 Å². The standard InChI is InChI=1S/C12H27P.4CO.Mn.Na/c1-4-7-10-13(11-8-5-2)12-9-6-3;4*1-2;;/h4-12H2,1-3H3;;;;;;. The predicted octanol–water partition coefficient (Wildman–Crippen LogP) is 4.34. The summed E-state index contributed by atoms with van der Waals surface area (Å²) >= 11 is 0.